The Morgan fingerprint density at radius 2 is 2.14 bits per heavy atom. The second-order valence-electron chi connectivity index (χ2n) is 4.48. The maximum atomic E-state index is 11.5. The zero-order chi connectivity index (χ0) is 10.3. The molecule has 0 amide bonds. The molecule has 1 aliphatic heterocycles. The van der Waals surface area contributed by atoms with Crippen LogP contribution in [0.4, 0.5) is 0 Å². The molecule has 1 N–H and O–H groups in total. The SMILES string of the molecule is CCC1(CC)[C@@H]2[C@@H](C(=O)OC)NC[C@@H]21. The van der Waals surface area contributed by atoms with Gasteiger partial charge in [-0.3, -0.25) is 4.79 Å². The monoisotopic (exact) mass is 197 g/mol. The summed E-state index contributed by atoms with van der Waals surface area (Å²) in [5.74, 6) is 1.16. The molecule has 3 atom stereocenters. The zero-order valence-electron chi connectivity index (χ0n) is 9.17. The highest BCUT2D eigenvalue weighted by Crippen LogP contribution is 2.66. The van der Waals surface area contributed by atoms with Crippen molar-refractivity contribution in [3.63, 3.8) is 0 Å². The molecule has 2 aliphatic rings. The first-order valence-corrected chi connectivity index (χ1v) is 5.52. The minimum absolute atomic E-state index is 0.0371. The molecule has 0 bridgehead atoms. The summed E-state index contributed by atoms with van der Waals surface area (Å²) in [5, 5.41) is 3.26. The van der Waals surface area contributed by atoms with E-state index in [2.05, 4.69) is 19.2 Å². The number of fused-ring (bicyclic) bond motifs is 1. The lowest BCUT2D eigenvalue weighted by molar-refractivity contribution is -0.143. The Hall–Kier alpha value is -0.570. The van der Waals surface area contributed by atoms with Gasteiger partial charge in [0.2, 0.25) is 0 Å². The fourth-order valence-electron chi connectivity index (χ4n) is 3.49. The summed E-state index contributed by atoms with van der Waals surface area (Å²) >= 11 is 0. The first-order valence-electron chi connectivity index (χ1n) is 5.52. The van der Waals surface area contributed by atoms with Crippen LogP contribution in [-0.4, -0.2) is 25.7 Å². The Morgan fingerprint density at radius 1 is 1.50 bits per heavy atom. The quantitative estimate of drug-likeness (QED) is 0.690. The first kappa shape index (κ1) is 9.97. The van der Waals surface area contributed by atoms with Crippen LogP contribution in [0.2, 0.25) is 0 Å². The molecule has 0 aromatic rings. The summed E-state index contributed by atoms with van der Waals surface area (Å²) in [6.45, 7) is 5.46. The van der Waals surface area contributed by atoms with Crippen LogP contribution in [-0.2, 0) is 9.53 Å². The van der Waals surface area contributed by atoms with Gasteiger partial charge in [0, 0.05) is 0 Å². The Balaban J connectivity index is 2.10. The lowest BCUT2D eigenvalue weighted by Gasteiger charge is -2.21. The summed E-state index contributed by atoms with van der Waals surface area (Å²) < 4.78 is 4.81. The van der Waals surface area contributed by atoms with Gasteiger partial charge in [0.1, 0.15) is 6.04 Å². The van der Waals surface area contributed by atoms with Crippen molar-refractivity contribution in [1.82, 2.24) is 5.32 Å². The van der Waals surface area contributed by atoms with E-state index in [0.717, 1.165) is 6.54 Å². The Labute approximate surface area is 85.2 Å². The van der Waals surface area contributed by atoms with Gasteiger partial charge in [-0.05, 0) is 36.6 Å². The van der Waals surface area contributed by atoms with E-state index in [1.165, 1.54) is 20.0 Å². The van der Waals surface area contributed by atoms with Gasteiger partial charge in [-0.1, -0.05) is 13.8 Å². The van der Waals surface area contributed by atoms with Gasteiger partial charge in [0.25, 0.3) is 0 Å². The largest absolute Gasteiger partial charge is 0.468 e. The first-order chi connectivity index (χ1) is 6.71. The number of ether oxygens (including phenoxy) is 1. The second kappa shape index (κ2) is 3.23. The van der Waals surface area contributed by atoms with E-state index in [1.807, 2.05) is 0 Å². The maximum absolute atomic E-state index is 11.5. The van der Waals surface area contributed by atoms with Gasteiger partial charge < -0.3 is 10.1 Å². The number of carbonyl (C=O) groups is 1. The van der Waals surface area contributed by atoms with Crippen LogP contribution in [0.3, 0.4) is 0 Å². The molecular weight excluding hydrogens is 178 g/mol. The highest BCUT2D eigenvalue weighted by Gasteiger charge is 2.69. The number of hydrogen-bond acceptors (Lipinski definition) is 3. The van der Waals surface area contributed by atoms with Crippen molar-refractivity contribution in [2.24, 2.45) is 17.3 Å². The molecule has 80 valence electrons. The third-order valence-electron chi connectivity index (χ3n) is 4.42. The molecule has 3 heteroatoms. The van der Waals surface area contributed by atoms with Crippen LogP contribution >= 0.6 is 0 Å². The highest BCUT2D eigenvalue weighted by atomic mass is 16.5. The number of methoxy groups -OCH3 is 1. The lowest BCUT2D eigenvalue weighted by Crippen LogP contribution is -2.39. The normalized spacial score (nSPS) is 37.8. The van der Waals surface area contributed by atoms with Crippen molar-refractivity contribution in [3.8, 4) is 0 Å². The standard InChI is InChI=1S/C11H19NO2/c1-4-11(5-2)7-6-12-9(8(7)11)10(13)14-3/h7-9,12H,4-6H2,1-3H3/t7-,8-,9-/m0/s1. The molecule has 1 saturated carbocycles. The topological polar surface area (TPSA) is 38.3 Å². The van der Waals surface area contributed by atoms with E-state index < -0.39 is 0 Å². The van der Waals surface area contributed by atoms with Crippen LogP contribution in [0, 0.1) is 17.3 Å². The third kappa shape index (κ3) is 1.05. The Bertz CT molecular complexity index is 248. The van der Waals surface area contributed by atoms with Crippen molar-refractivity contribution in [3.05, 3.63) is 0 Å². The molecule has 0 unspecified atom stereocenters. The van der Waals surface area contributed by atoms with Gasteiger partial charge in [0.05, 0.1) is 7.11 Å². The van der Waals surface area contributed by atoms with Crippen molar-refractivity contribution in [2.45, 2.75) is 32.7 Å². The molecule has 1 aliphatic carbocycles. The molecule has 0 spiro atoms. The molecule has 0 radical (unpaired) electrons. The van der Waals surface area contributed by atoms with Gasteiger partial charge in [-0.15, -0.1) is 0 Å². The lowest BCUT2D eigenvalue weighted by atomic mass is 9.91. The fraction of sp³-hybridized carbons (Fsp3) is 0.909. The maximum Gasteiger partial charge on any atom is 0.323 e. The third-order valence-corrected chi connectivity index (χ3v) is 4.42. The van der Waals surface area contributed by atoms with Crippen molar-refractivity contribution < 1.29 is 9.53 Å². The van der Waals surface area contributed by atoms with Crippen molar-refractivity contribution in [2.75, 3.05) is 13.7 Å². The Kier molecular flexibility index (Phi) is 2.30. The number of hydrogen-bond donors (Lipinski definition) is 1. The molecule has 14 heavy (non-hydrogen) atoms. The van der Waals surface area contributed by atoms with E-state index in [9.17, 15) is 4.79 Å². The van der Waals surface area contributed by atoms with E-state index in [0.29, 0.717) is 17.3 Å². The summed E-state index contributed by atoms with van der Waals surface area (Å²) in [5.41, 5.74) is 0.435. The van der Waals surface area contributed by atoms with Crippen LogP contribution in [0.15, 0.2) is 0 Å². The number of piperidine rings is 1. The Morgan fingerprint density at radius 3 is 2.57 bits per heavy atom. The predicted octanol–water partition coefficient (Wildman–Crippen LogP) is 1.18. The zero-order valence-corrected chi connectivity index (χ0v) is 9.17. The molecule has 0 aromatic carbocycles. The molecule has 2 rings (SSSR count). The van der Waals surface area contributed by atoms with Crippen molar-refractivity contribution in [1.29, 1.82) is 0 Å². The van der Waals surface area contributed by atoms with Crippen LogP contribution in [0.5, 0.6) is 0 Å². The molecule has 0 aromatic heterocycles. The van der Waals surface area contributed by atoms with E-state index in [4.69, 9.17) is 4.74 Å². The van der Waals surface area contributed by atoms with E-state index in [-0.39, 0.29) is 12.0 Å². The summed E-state index contributed by atoms with van der Waals surface area (Å²) in [6, 6.07) is -0.0371. The number of carbonyl (C=O) groups excluding carboxylic acids is 1. The molecular formula is C11H19NO2. The van der Waals surface area contributed by atoms with E-state index in [1.54, 1.807) is 0 Å². The molecule has 2 fully saturated rings. The number of esters is 1. The van der Waals surface area contributed by atoms with Crippen molar-refractivity contribution >= 4 is 5.97 Å². The molecule has 1 heterocycles. The summed E-state index contributed by atoms with van der Waals surface area (Å²) in [4.78, 5) is 11.5. The summed E-state index contributed by atoms with van der Waals surface area (Å²) in [7, 11) is 1.47. The minimum atomic E-state index is -0.0822. The average Bonchev–Trinajstić information content (AvgIpc) is 2.63. The average molecular weight is 197 g/mol. The highest BCUT2D eigenvalue weighted by molar-refractivity contribution is 5.77. The predicted molar refractivity (Wildman–Crippen MR) is 53.8 cm³/mol. The summed E-state index contributed by atoms with van der Waals surface area (Å²) in [6.07, 6.45) is 2.38. The smallest absolute Gasteiger partial charge is 0.323 e. The van der Waals surface area contributed by atoms with Crippen LogP contribution in [0.25, 0.3) is 0 Å². The number of rotatable bonds is 3. The van der Waals surface area contributed by atoms with Gasteiger partial charge in [-0.2, -0.15) is 0 Å². The fourth-order valence-corrected chi connectivity index (χ4v) is 3.49. The van der Waals surface area contributed by atoms with Crippen LogP contribution in [0.1, 0.15) is 26.7 Å². The van der Waals surface area contributed by atoms with Gasteiger partial charge in [0.15, 0.2) is 0 Å². The molecule has 3 nitrogen and oxygen atoms in total. The second-order valence-corrected chi connectivity index (χ2v) is 4.48. The van der Waals surface area contributed by atoms with E-state index >= 15 is 0 Å². The minimum Gasteiger partial charge on any atom is -0.468 e. The van der Waals surface area contributed by atoms with Crippen LogP contribution < -0.4 is 5.32 Å². The number of nitrogens with one attached hydrogen (secondary N) is 1. The van der Waals surface area contributed by atoms with Gasteiger partial charge in [-0.25, -0.2) is 0 Å². The molecule has 1 saturated heterocycles. The van der Waals surface area contributed by atoms with Gasteiger partial charge >= 0.3 is 5.97 Å².